The molecule has 0 radical (unpaired) electrons. The van der Waals surface area contributed by atoms with Gasteiger partial charge >= 0.3 is 6.03 Å². The van der Waals surface area contributed by atoms with Gasteiger partial charge in [0.2, 0.25) is 0 Å². The molecule has 0 fully saturated rings. The highest BCUT2D eigenvalue weighted by molar-refractivity contribution is 7.10. The van der Waals surface area contributed by atoms with Gasteiger partial charge in [-0.05, 0) is 48.4 Å². The number of rotatable bonds is 3. The third kappa shape index (κ3) is 2.99. The molecule has 1 aliphatic rings. The van der Waals surface area contributed by atoms with Crippen LogP contribution in [0.4, 0.5) is 4.79 Å². The van der Waals surface area contributed by atoms with Crippen LogP contribution in [0.25, 0.3) is 0 Å². The van der Waals surface area contributed by atoms with Crippen LogP contribution in [0.1, 0.15) is 41.1 Å². The predicted octanol–water partition coefficient (Wildman–Crippen LogP) is 3.67. The lowest BCUT2D eigenvalue weighted by molar-refractivity contribution is 0.167. The highest BCUT2D eigenvalue weighted by Crippen LogP contribution is 2.35. The average molecular weight is 315 g/mol. The molecule has 0 aromatic carbocycles. The van der Waals surface area contributed by atoms with Gasteiger partial charge in [-0.25, -0.2) is 4.79 Å². The van der Waals surface area contributed by atoms with Crippen LogP contribution in [-0.2, 0) is 13.0 Å². The Kier molecular flexibility index (Phi) is 4.43. The zero-order chi connectivity index (χ0) is 15.5. The van der Waals surface area contributed by atoms with Gasteiger partial charge in [0.25, 0.3) is 0 Å². The fourth-order valence-corrected chi connectivity index (χ4v) is 3.89. The van der Waals surface area contributed by atoms with E-state index in [1.165, 1.54) is 10.4 Å². The van der Waals surface area contributed by atoms with Crippen LogP contribution in [0.2, 0.25) is 0 Å². The molecule has 1 N–H and O–H groups in total. The van der Waals surface area contributed by atoms with Crippen LogP contribution in [0, 0.1) is 6.92 Å². The minimum atomic E-state index is 0.0178. The maximum absolute atomic E-state index is 12.5. The highest BCUT2D eigenvalue weighted by atomic mass is 32.1. The number of urea groups is 1. The smallest absolute Gasteiger partial charge is 0.318 e. The number of aryl methyl sites for hydroxylation is 1. The van der Waals surface area contributed by atoms with Crippen molar-refractivity contribution in [3.05, 3.63) is 51.5 Å². The normalized spacial score (nSPS) is 17.2. The molecular formula is C17H21N3OS. The van der Waals surface area contributed by atoms with Crippen LogP contribution < -0.4 is 5.32 Å². The summed E-state index contributed by atoms with van der Waals surface area (Å²) in [7, 11) is 0. The van der Waals surface area contributed by atoms with Gasteiger partial charge in [-0.2, -0.15) is 0 Å². The lowest BCUT2D eigenvalue weighted by Crippen LogP contribution is -2.44. The van der Waals surface area contributed by atoms with Gasteiger partial charge in [-0.15, -0.1) is 11.3 Å². The van der Waals surface area contributed by atoms with Crippen molar-refractivity contribution < 1.29 is 4.79 Å². The molecule has 116 valence electrons. The molecule has 3 heterocycles. The second kappa shape index (κ2) is 6.48. The zero-order valence-electron chi connectivity index (χ0n) is 13.0. The Morgan fingerprint density at radius 1 is 1.45 bits per heavy atom. The van der Waals surface area contributed by atoms with Crippen molar-refractivity contribution in [2.24, 2.45) is 0 Å². The summed E-state index contributed by atoms with van der Waals surface area (Å²) in [4.78, 5) is 20.2. The van der Waals surface area contributed by atoms with E-state index in [0.29, 0.717) is 6.54 Å². The minimum absolute atomic E-state index is 0.0178. The molecule has 0 unspecified atom stereocenters. The maximum atomic E-state index is 12.5. The Bertz CT molecular complexity index is 650. The fourth-order valence-electron chi connectivity index (χ4n) is 2.96. The quantitative estimate of drug-likeness (QED) is 0.939. The van der Waals surface area contributed by atoms with Crippen molar-refractivity contribution in [3.63, 3.8) is 0 Å². The largest absolute Gasteiger partial charge is 0.334 e. The van der Waals surface area contributed by atoms with Crippen LogP contribution in [0.15, 0.2) is 29.8 Å². The number of nitrogens with one attached hydrogen (secondary N) is 1. The van der Waals surface area contributed by atoms with E-state index in [0.717, 1.165) is 30.6 Å². The molecular weight excluding hydrogens is 294 g/mol. The molecule has 22 heavy (non-hydrogen) atoms. The summed E-state index contributed by atoms with van der Waals surface area (Å²) in [5.74, 6) is 0. The first-order valence-corrected chi connectivity index (χ1v) is 8.59. The van der Waals surface area contributed by atoms with Crippen molar-refractivity contribution in [3.8, 4) is 0 Å². The van der Waals surface area contributed by atoms with E-state index in [1.807, 2.05) is 30.2 Å². The van der Waals surface area contributed by atoms with E-state index in [9.17, 15) is 4.79 Å². The molecule has 1 atom stereocenters. The average Bonchev–Trinajstić information content (AvgIpc) is 3.01. The number of nitrogens with zero attached hydrogens (tertiary/aromatic N) is 2. The van der Waals surface area contributed by atoms with E-state index in [4.69, 9.17) is 0 Å². The zero-order valence-corrected chi connectivity index (χ0v) is 13.8. The molecule has 2 aromatic heterocycles. The lowest BCUT2D eigenvalue weighted by Gasteiger charge is -2.35. The molecule has 1 aliphatic heterocycles. The number of carbonyl (C=O) groups is 1. The van der Waals surface area contributed by atoms with Gasteiger partial charge in [0.1, 0.15) is 0 Å². The number of amides is 2. The van der Waals surface area contributed by atoms with Crippen LogP contribution in [0.5, 0.6) is 0 Å². The van der Waals surface area contributed by atoms with Gasteiger partial charge < -0.3 is 10.2 Å². The van der Waals surface area contributed by atoms with E-state index in [2.05, 4.69) is 28.7 Å². The van der Waals surface area contributed by atoms with Crippen LogP contribution >= 0.6 is 11.3 Å². The fraction of sp³-hybridized carbons (Fsp3) is 0.412. The summed E-state index contributed by atoms with van der Waals surface area (Å²) >= 11 is 1.80. The van der Waals surface area contributed by atoms with Crippen molar-refractivity contribution in [1.82, 2.24) is 15.2 Å². The number of pyridine rings is 1. The van der Waals surface area contributed by atoms with E-state index in [1.54, 1.807) is 11.3 Å². The molecule has 0 saturated carbocycles. The Balaban J connectivity index is 1.66. The predicted molar refractivity (Wildman–Crippen MR) is 89.0 cm³/mol. The highest BCUT2D eigenvalue weighted by Gasteiger charge is 2.30. The van der Waals surface area contributed by atoms with Crippen LogP contribution in [-0.4, -0.2) is 22.5 Å². The van der Waals surface area contributed by atoms with Gasteiger partial charge in [-0.3, -0.25) is 4.98 Å². The number of aromatic nitrogens is 1. The Hall–Kier alpha value is -1.88. The topological polar surface area (TPSA) is 45.2 Å². The molecule has 2 amide bonds. The third-order valence-electron chi connectivity index (χ3n) is 4.16. The second-order valence-corrected chi connectivity index (χ2v) is 6.63. The van der Waals surface area contributed by atoms with E-state index < -0.39 is 0 Å². The van der Waals surface area contributed by atoms with Crippen molar-refractivity contribution in [2.75, 3.05) is 6.54 Å². The molecule has 0 spiro atoms. The molecule has 5 heteroatoms. The molecule has 4 nitrogen and oxygen atoms in total. The van der Waals surface area contributed by atoms with E-state index in [-0.39, 0.29) is 12.1 Å². The Morgan fingerprint density at radius 2 is 2.32 bits per heavy atom. The van der Waals surface area contributed by atoms with Gasteiger partial charge in [0.05, 0.1) is 6.04 Å². The molecule has 3 rings (SSSR count). The summed E-state index contributed by atoms with van der Waals surface area (Å²) in [5, 5.41) is 5.16. The van der Waals surface area contributed by atoms with E-state index >= 15 is 0 Å². The SMILES string of the molecule is CC[C@@H]1c2ccsc2CCN1C(=O)NCc1ccc(C)nc1. The second-order valence-electron chi connectivity index (χ2n) is 5.63. The standard InChI is InChI=1S/C17H21N3OS/c1-3-15-14-7-9-22-16(14)6-8-20(15)17(21)19-11-13-5-4-12(2)18-10-13/h4-5,7,9-10,15H,3,6,8,11H2,1-2H3,(H,19,21)/t15-/m1/s1. The summed E-state index contributed by atoms with van der Waals surface area (Å²) in [6.07, 6.45) is 3.73. The third-order valence-corrected chi connectivity index (χ3v) is 5.16. The summed E-state index contributed by atoms with van der Waals surface area (Å²) in [5.41, 5.74) is 3.34. The Morgan fingerprint density at radius 3 is 3.05 bits per heavy atom. The molecule has 0 saturated heterocycles. The number of thiophene rings is 1. The number of carbonyl (C=O) groups excluding carboxylic acids is 1. The van der Waals surface area contributed by atoms with Crippen molar-refractivity contribution in [2.45, 2.75) is 39.3 Å². The Labute approximate surface area is 135 Å². The summed E-state index contributed by atoms with van der Waals surface area (Å²) < 4.78 is 0. The monoisotopic (exact) mass is 315 g/mol. The number of hydrogen-bond donors (Lipinski definition) is 1. The lowest BCUT2D eigenvalue weighted by atomic mass is 9.98. The van der Waals surface area contributed by atoms with Gasteiger partial charge in [-0.1, -0.05) is 13.0 Å². The number of fused-ring (bicyclic) bond motifs is 1. The summed E-state index contributed by atoms with van der Waals surface area (Å²) in [6, 6.07) is 6.36. The summed E-state index contributed by atoms with van der Waals surface area (Å²) in [6.45, 7) is 5.42. The maximum Gasteiger partial charge on any atom is 0.318 e. The number of hydrogen-bond acceptors (Lipinski definition) is 3. The molecule has 2 aromatic rings. The van der Waals surface area contributed by atoms with Gasteiger partial charge in [0, 0.05) is 29.9 Å². The molecule has 0 aliphatic carbocycles. The first-order valence-electron chi connectivity index (χ1n) is 7.71. The van der Waals surface area contributed by atoms with Crippen LogP contribution in [0.3, 0.4) is 0 Å². The first kappa shape index (κ1) is 15.0. The van der Waals surface area contributed by atoms with Crippen molar-refractivity contribution in [1.29, 1.82) is 0 Å². The molecule has 0 bridgehead atoms. The van der Waals surface area contributed by atoms with Crippen molar-refractivity contribution >= 4 is 17.4 Å². The minimum Gasteiger partial charge on any atom is -0.334 e. The first-order chi connectivity index (χ1) is 10.7. The van der Waals surface area contributed by atoms with Gasteiger partial charge in [0.15, 0.2) is 0 Å².